The number of nitrogens with one attached hydrogen (secondary N) is 1. The lowest BCUT2D eigenvalue weighted by atomic mass is 9.94. The van der Waals surface area contributed by atoms with Crippen LogP contribution in [0, 0.1) is 17.1 Å². The average molecular weight is 268 g/mol. The Hall–Kier alpha value is -2.34. The maximum absolute atomic E-state index is 13.6. The van der Waals surface area contributed by atoms with Crippen molar-refractivity contribution in [1.82, 2.24) is 0 Å². The molecule has 0 fully saturated rings. The Morgan fingerprint density at radius 3 is 2.40 bits per heavy atom. The summed E-state index contributed by atoms with van der Waals surface area (Å²) in [5.74, 6) is -0.339. The second kappa shape index (κ2) is 6.21. The van der Waals surface area contributed by atoms with E-state index in [0.29, 0.717) is 12.1 Å². The second-order valence-corrected chi connectivity index (χ2v) is 5.03. The van der Waals surface area contributed by atoms with Gasteiger partial charge in [-0.3, -0.25) is 0 Å². The molecule has 0 saturated heterocycles. The predicted molar refractivity (Wildman–Crippen MR) is 78.8 cm³/mol. The summed E-state index contributed by atoms with van der Waals surface area (Å²) in [4.78, 5) is 0. The van der Waals surface area contributed by atoms with E-state index in [4.69, 9.17) is 0 Å². The molecule has 0 bridgehead atoms. The van der Waals surface area contributed by atoms with Crippen molar-refractivity contribution in [3.05, 3.63) is 66.0 Å². The van der Waals surface area contributed by atoms with Crippen LogP contribution in [0.2, 0.25) is 0 Å². The molecule has 102 valence electrons. The van der Waals surface area contributed by atoms with E-state index in [-0.39, 0.29) is 5.82 Å². The molecule has 0 heterocycles. The van der Waals surface area contributed by atoms with Crippen LogP contribution < -0.4 is 5.32 Å². The van der Waals surface area contributed by atoms with Crippen LogP contribution in [0.4, 0.5) is 10.1 Å². The van der Waals surface area contributed by atoms with Crippen LogP contribution in [0.5, 0.6) is 0 Å². The van der Waals surface area contributed by atoms with Gasteiger partial charge >= 0.3 is 0 Å². The summed E-state index contributed by atoms with van der Waals surface area (Å²) in [6, 6.07) is 18.6. The lowest BCUT2D eigenvalue weighted by Gasteiger charge is -2.24. The predicted octanol–water partition coefficient (Wildman–Crippen LogP) is 4.15. The Kier molecular flexibility index (Phi) is 4.37. The average Bonchev–Trinajstić information content (AvgIpc) is 2.49. The molecule has 1 unspecified atom stereocenters. The zero-order valence-electron chi connectivity index (χ0n) is 11.4. The van der Waals surface area contributed by atoms with Crippen molar-refractivity contribution >= 4 is 5.69 Å². The van der Waals surface area contributed by atoms with Crippen molar-refractivity contribution in [3.63, 3.8) is 0 Å². The van der Waals surface area contributed by atoms with Crippen LogP contribution in [0.3, 0.4) is 0 Å². The van der Waals surface area contributed by atoms with Gasteiger partial charge in [0.15, 0.2) is 0 Å². The maximum Gasteiger partial charge on any atom is 0.146 e. The minimum atomic E-state index is -0.794. The Bertz CT molecular complexity index is 604. The highest BCUT2D eigenvalue weighted by Gasteiger charge is 2.24. The molecule has 1 N–H and O–H groups in total. The number of halogens is 1. The Balaban J connectivity index is 2.06. The number of rotatable bonds is 5. The highest BCUT2D eigenvalue weighted by Crippen LogP contribution is 2.22. The molecule has 2 nitrogen and oxygen atoms in total. The number of nitriles is 1. The molecule has 2 aromatic rings. The molecular formula is C17H17FN2. The summed E-state index contributed by atoms with van der Waals surface area (Å²) in [7, 11) is 0. The molecule has 2 rings (SSSR count). The SMILES string of the molecule is CC(C#N)(CCc1ccccc1)Nc1ccccc1F. The van der Waals surface area contributed by atoms with E-state index in [9.17, 15) is 9.65 Å². The highest BCUT2D eigenvalue weighted by atomic mass is 19.1. The van der Waals surface area contributed by atoms with Gasteiger partial charge in [-0.2, -0.15) is 5.26 Å². The van der Waals surface area contributed by atoms with Crippen molar-refractivity contribution < 1.29 is 4.39 Å². The van der Waals surface area contributed by atoms with Crippen LogP contribution in [0.25, 0.3) is 0 Å². The third-order valence-electron chi connectivity index (χ3n) is 3.29. The van der Waals surface area contributed by atoms with Gasteiger partial charge in [-0.05, 0) is 37.5 Å². The molecular weight excluding hydrogens is 251 g/mol. The number of nitrogens with zero attached hydrogens (tertiary/aromatic N) is 1. The van der Waals surface area contributed by atoms with E-state index in [1.807, 2.05) is 30.3 Å². The number of para-hydroxylation sites is 1. The van der Waals surface area contributed by atoms with E-state index in [1.54, 1.807) is 25.1 Å². The monoisotopic (exact) mass is 268 g/mol. The van der Waals surface area contributed by atoms with Crippen LogP contribution >= 0.6 is 0 Å². The molecule has 1 atom stereocenters. The summed E-state index contributed by atoms with van der Waals surface area (Å²) in [5, 5.41) is 12.4. The maximum atomic E-state index is 13.6. The minimum absolute atomic E-state index is 0.339. The van der Waals surface area contributed by atoms with Gasteiger partial charge in [-0.1, -0.05) is 42.5 Å². The zero-order chi connectivity index (χ0) is 14.4. The molecule has 3 heteroatoms. The molecule has 0 aliphatic rings. The van der Waals surface area contributed by atoms with Gasteiger partial charge in [-0.25, -0.2) is 4.39 Å². The van der Waals surface area contributed by atoms with Gasteiger partial charge in [-0.15, -0.1) is 0 Å². The summed E-state index contributed by atoms with van der Waals surface area (Å²) in [5.41, 5.74) is 0.742. The smallest absolute Gasteiger partial charge is 0.146 e. The molecule has 0 aliphatic heterocycles. The van der Waals surface area contributed by atoms with Gasteiger partial charge < -0.3 is 5.32 Å². The fourth-order valence-corrected chi connectivity index (χ4v) is 2.05. The van der Waals surface area contributed by atoms with E-state index < -0.39 is 5.54 Å². The summed E-state index contributed by atoms with van der Waals surface area (Å²) in [6.07, 6.45) is 1.38. The van der Waals surface area contributed by atoms with Gasteiger partial charge in [0.2, 0.25) is 0 Å². The number of aryl methyl sites for hydroxylation is 1. The minimum Gasteiger partial charge on any atom is -0.365 e. The second-order valence-electron chi connectivity index (χ2n) is 5.03. The van der Waals surface area contributed by atoms with Gasteiger partial charge in [0.05, 0.1) is 11.8 Å². The van der Waals surface area contributed by atoms with E-state index in [0.717, 1.165) is 6.42 Å². The standard InChI is InChI=1S/C17H17FN2/c1-17(13-19,12-11-14-7-3-2-4-8-14)20-16-10-6-5-9-15(16)18/h2-10,20H,11-12H2,1H3. The first-order valence-electron chi connectivity index (χ1n) is 6.61. The van der Waals surface area contributed by atoms with Gasteiger partial charge in [0.25, 0.3) is 0 Å². The van der Waals surface area contributed by atoms with Gasteiger partial charge in [0, 0.05) is 0 Å². The third kappa shape index (κ3) is 3.58. The van der Waals surface area contributed by atoms with Crippen LogP contribution in [0.15, 0.2) is 54.6 Å². The van der Waals surface area contributed by atoms with Crippen LogP contribution in [-0.2, 0) is 6.42 Å². The normalized spacial score (nSPS) is 13.2. The van der Waals surface area contributed by atoms with Crippen molar-refractivity contribution in [2.24, 2.45) is 0 Å². The highest BCUT2D eigenvalue weighted by molar-refractivity contribution is 5.48. The fraction of sp³-hybridized carbons (Fsp3) is 0.235. The lowest BCUT2D eigenvalue weighted by Crippen LogP contribution is -2.33. The quantitative estimate of drug-likeness (QED) is 0.884. The number of benzene rings is 2. The third-order valence-corrected chi connectivity index (χ3v) is 3.29. The lowest BCUT2D eigenvalue weighted by molar-refractivity contribution is 0.573. The molecule has 2 aromatic carbocycles. The fourth-order valence-electron chi connectivity index (χ4n) is 2.05. The molecule has 0 saturated carbocycles. The summed E-state index contributed by atoms with van der Waals surface area (Å²) < 4.78 is 13.6. The topological polar surface area (TPSA) is 35.8 Å². The Morgan fingerprint density at radius 2 is 1.75 bits per heavy atom. The van der Waals surface area contributed by atoms with Gasteiger partial charge in [0.1, 0.15) is 11.4 Å². The Morgan fingerprint density at radius 1 is 1.10 bits per heavy atom. The first-order chi connectivity index (χ1) is 9.63. The van der Waals surface area contributed by atoms with E-state index in [1.165, 1.54) is 11.6 Å². The van der Waals surface area contributed by atoms with Crippen molar-refractivity contribution in [2.45, 2.75) is 25.3 Å². The zero-order valence-corrected chi connectivity index (χ0v) is 11.4. The van der Waals surface area contributed by atoms with Crippen LogP contribution in [0.1, 0.15) is 18.9 Å². The molecule has 0 aromatic heterocycles. The van der Waals surface area contributed by atoms with Crippen LogP contribution in [-0.4, -0.2) is 5.54 Å². The number of hydrogen-bond donors (Lipinski definition) is 1. The Labute approximate surface area is 118 Å². The molecule has 0 aliphatic carbocycles. The molecule has 0 amide bonds. The van der Waals surface area contributed by atoms with Crippen molar-refractivity contribution in [2.75, 3.05) is 5.32 Å². The van der Waals surface area contributed by atoms with Crippen molar-refractivity contribution in [1.29, 1.82) is 5.26 Å². The number of hydrogen-bond acceptors (Lipinski definition) is 2. The summed E-state index contributed by atoms with van der Waals surface area (Å²) >= 11 is 0. The number of anilines is 1. The first kappa shape index (κ1) is 14.1. The molecule has 0 radical (unpaired) electrons. The van der Waals surface area contributed by atoms with E-state index in [2.05, 4.69) is 11.4 Å². The molecule has 20 heavy (non-hydrogen) atoms. The van der Waals surface area contributed by atoms with Crippen molar-refractivity contribution in [3.8, 4) is 6.07 Å². The largest absolute Gasteiger partial charge is 0.365 e. The first-order valence-corrected chi connectivity index (χ1v) is 6.61. The van der Waals surface area contributed by atoms with E-state index >= 15 is 0 Å². The summed E-state index contributed by atoms with van der Waals surface area (Å²) in [6.45, 7) is 1.79. The molecule has 0 spiro atoms.